The van der Waals surface area contributed by atoms with Gasteiger partial charge >= 0.3 is 5.97 Å². The van der Waals surface area contributed by atoms with E-state index < -0.39 is 36.0 Å². The molecule has 0 heterocycles. The van der Waals surface area contributed by atoms with E-state index in [1.54, 1.807) is 60.7 Å². The van der Waals surface area contributed by atoms with Crippen LogP contribution in [0.1, 0.15) is 27.5 Å². The molecular weight excluding hydrogens is 516 g/mol. The van der Waals surface area contributed by atoms with Crippen LogP contribution in [0, 0.1) is 0 Å². The Kier molecular flexibility index (Phi) is 8.36. The van der Waals surface area contributed by atoms with Gasteiger partial charge in [-0.2, -0.15) is 0 Å². The van der Waals surface area contributed by atoms with E-state index in [-0.39, 0.29) is 6.42 Å². The first kappa shape index (κ1) is 27.6. The van der Waals surface area contributed by atoms with Crippen molar-refractivity contribution in [3.8, 4) is 0 Å². The van der Waals surface area contributed by atoms with Crippen molar-refractivity contribution >= 4 is 39.3 Å². The fraction of sp³-hybridized carbons (Fsp3) is 0.147. The molecule has 3 N–H and O–H groups in total. The molecule has 0 aliphatic carbocycles. The normalized spacial score (nSPS) is 13.2. The molecule has 0 aliphatic heterocycles. The van der Waals surface area contributed by atoms with E-state index in [9.17, 15) is 19.5 Å². The molecule has 5 aromatic rings. The number of hydrogen-bond donors (Lipinski definition) is 3. The Hall–Kier alpha value is -5.01. The van der Waals surface area contributed by atoms with Crippen molar-refractivity contribution in [2.24, 2.45) is 0 Å². The summed E-state index contributed by atoms with van der Waals surface area (Å²) in [5.74, 6) is -1.91. The third-order valence-corrected chi connectivity index (χ3v) is 7.16. The van der Waals surface area contributed by atoms with Crippen molar-refractivity contribution in [3.63, 3.8) is 0 Å². The van der Waals surface area contributed by atoms with Gasteiger partial charge in [0.15, 0.2) is 6.10 Å². The number of amides is 2. The molecule has 7 nitrogen and oxygen atoms in total. The molecule has 0 aliphatic rings. The topological polar surface area (TPSA) is 105 Å². The highest BCUT2D eigenvalue weighted by Gasteiger charge is 2.33. The van der Waals surface area contributed by atoms with Gasteiger partial charge in [-0.25, -0.2) is 4.79 Å². The van der Waals surface area contributed by atoms with Crippen molar-refractivity contribution in [1.82, 2.24) is 10.6 Å². The Morgan fingerprint density at radius 3 is 1.85 bits per heavy atom. The third kappa shape index (κ3) is 6.10. The molecule has 0 saturated heterocycles. The lowest BCUT2D eigenvalue weighted by Gasteiger charge is -2.26. The van der Waals surface area contributed by atoms with E-state index in [1.807, 2.05) is 48.5 Å². The number of ether oxygens (including phenoxy) is 1. The highest BCUT2D eigenvalue weighted by Crippen LogP contribution is 2.30. The van der Waals surface area contributed by atoms with Crippen LogP contribution in [0.5, 0.6) is 0 Å². The summed E-state index contributed by atoms with van der Waals surface area (Å²) in [6.45, 7) is 0. The summed E-state index contributed by atoms with van der Waals surface area (Å²) in [6.07, 6.45) is -1.55. The number of carbonyl (C=O) groups excluding carboxylic acids is 3. The van der Waals surface area contributed by atoms with Crippen LogP contribution in [0.4, 0.5) is 0 Å². The second kappa shape index (κ2) is 12.4. The summed E-state index contributed by atoms with van der Waals surface area (Å²) >= 11 is 0. The number of aliphatic hydroxyl groups excluding tert-OH is 1. The minimum absolute atomic E-state index is 0.138. The molecule has 0 aromatic heterocycles. The number of fused-ring (bicyclic) bond motifs is 2. The summed E-state index contributed by atoms with van der Waals surface area (Å²) in [4.78, 5) is 39.5. The lowest BCUT2D eigenvalue weighted by Crippen LogP contribution is -2.51. The SMILES string of the molecule is COC(=O)[C@@H](Cc1c2ccccc2cc2ccccc12)NC(=O)[C@H](O)[C@@H](NC(=O)c1ccccc1)c1ccccc1. The lowest BCUT2D eigenvalue weighted by atomic mass is 9.92. The van der Waals surface area contributed by atoms with Crippen molar-refractivity contribution in [2.75, 3.05) is 7.11 Å². The standard InChI is InChI=1S/C34H30N2O5/c1-41-34(40)29(21-28-26-18-10-8-16-24(26)20-25-17-9-11-19-27(25)28)35-33(39)31(37)30(22-12-4-2-5-13-22)36-32(38)23-14-6-3-7-15-23/h2-20,29-31,37H,21H2,1H3,(H,35,39)(H,36,38)/t29-,30+,31-/m1/s1. The molecule has 3 atom stereocenters. The second-order valence-corrected chi connectivity index (χ2v) is 9.76. The molecular formula is C34H30N2O5. The molecule has 41 heavy (non-hydrogen) atoms. The molecule has 5 aromatic carbocycles. The quantitative estimate of drug-likeness (QED) is 0.183. The van der Waals surface area contributed by atoms with Crippen LogP contribution in [0.2, 0.25) is 0 Å². The number of esters is 1. The van der Waals surface area contributed by atoms with Crippen molar-refractivity contribution in [1.29, 1.82) is 0 Å². The Bertz CT molecular complexity index is 1630. The van der Waals surface area contributed by atoms with Crippen LogP contribution in [0.15, 0.2) is 115 Å². The van der Waals surface area contributed by atoms with Crippen LogP contribution in [-0.2, 0) is 20.7 Å². The van der Waals surface area contributed by atoms with E-state index in [0.717, 1.165) is 27.1 Å². The number of hydrogen-bond acceptors (Lipinski definition) is 5. The summed E-state index contributed by atoms with van der Waals surface area (Å²) in [6, 6.07) is 32.9. The average molecular weight is 547 g/mol. The van der Waals surface area contributed by atoms with Crippen LogP contribution >= 0.6 is 0 Å². The number of rotatable bonds is 9. The maximum atomic E-state index is 13.5. The predicted molar refractivity (Wildman–Crippen MR) is 158 cm³/mol. The Morgan fingerprint density at radius 2 is 1.27 bits per heavy atom. The van der Waals surface area contributed by atoms with E-state index in [2.05, 4.69) is 16.7 Å². The van der Waals surface area contributed by atoms with E-state index >= 15 is 0 Å². The summed E-state index contributed by atoms with van der Waals surface area (Å²) in [5.41, 5.74) is 1.80. The van der Waals surface area contributed by atoms with Gasteiger partial charge in [0.05, 0.1) is 13.2 Å². The highest BCUT2D eigenvalue weighted by atomic mass is 16.5. The largest absolute Gasteiger partial charge is 0.467 e. The summed E-state index contributed by atoms with van der Waals surface area (Å²) < 4.78 is 5.05. The van der Waals surface area contributed by atoms with Crippen molar-refractivity contribution in [3.05, 3.63) is 132 Å². The Labute approximate surface area is 237 Å². The number of nitrogens with one attached hydrogen (secondary N) is 2. The van der Waals surface area contributed by atoms with Gasteiger partial charge in [0.2, 0.25) is 0 Å². The van der Waals surface area contributed by atoms with Crippen LogP contribution in [0.25, 0.3) is 21.5 Å². The second-order valence-electron chi connectivity index (χ2n) is 9.76. The van der Waals surface area contributed by atoms with Gasteiger partial charge in [-0.1, -0.05) is 97.1 Å². The maximum Gasteiger partial charge on any atom is 0.328 e. The molecule has 5 rings (SSSR count). The van der Waals surface area contributed by atoms with E-state index in [1.165, 1.54) is 7.11 Å². The summed E-state index contributed by atoms with van der Waals surface area (Å²) in [5, 5.41) is 20.6. The van der Waals surface area contributed by atoms with Gasteiger partial charge < -0.3 is 20.5 Å². The first-order valence-electron chi connectivity index (χ1n) is 13.3. The van der Waals surface area contributed by atoms with Gasteiger partial charge in [-0.15, -0.1) is 0 Å². The van der Waals surface area contributed by atoms with Gasteiger partial charge in [-0.05, 0) is 50.9 Å². The van der Waals surface area contributed by atoms with Gasteiger partial charge in [0.1, 0.15) is 6.04 Å². The smallest absolute Gasteiger partial charge is 0.328 e. The minimum atomic E-state index is -1.69. The number of methoxy groups -OCH3 is 1. The minimum Gasteiger partial charge on any atom is -0.467 e. The fourth-order valence-corrected chi connectivity index (χ4v) is 5.10. The van der Waals surface area contributed by atoms with E-state index in [4.69, 9.17) is 4.74 Å². The monoisotopic (exact) mass is 546 g/mol. The zero-order chi connectivity index (χ0) is 28.8. The van der Waals surface area contributed by atoms with Gasteiger partial charge in [-0.3, -0.25) is 9.59 Å². The zero-order valence-electron chi connectivity index (χ0n) is 22.5. The third-order valence-electron chi connectivity index (χ3n) is 7.16. The van der Waals surface area contributed by atoms with E-state index in [0.29, 0.717) is 11.1 Å². The summed E-state index contributed by atoms with van der Waals surface area (Å²) in [7, 11) is 1.26. The molecule has 206 valence electrons. The lowest BCUT2D eigenvalue weighted by molar-refractivity contribution is -0.146. The Morgan fingerprint density at radius 1 is 0.732 bits per heavy atom. The molecule has 0 bridgehead atoms. The van der Waals surface area contributed by atoms with Crippen LogP contribution in [-0.4, -0.2) is 42.1 Å². The van der Waals surface area contributed by atoms with Crippen LogP contribution < -0.4 is 10.6 Å². The molecule has 0 spiro atoms. The molecule has 0 fully saturated rings. The molecule has 0 unspecified atom stereocenters. The predicted octanol–water partition coefficient (Wildman–Crippen LogP) is 4.73. The molecule has 0 saturated carbocycles. The molecule has 0 radical (unpaired) electrons. The highest BCUT2D eigenvalue weighted by molar-refractivity contribution is 6.03. The first-order valence-corrected chi connectivity index (χ1v) is 13.3. The molecule has 7 heteroatoms. The van der Waals surface area contributed by atoms with Gasteiger partial charge in [0.25, 0.3) is 11.8 Å². The number of aliphatic hydroxyl groups is 1. The Balaban J connectivity index is 1.45. The van der Waals surface area contributed by atoms with Gasteiger partial charge in [0, 0.05) is 12.0 Å². The maximum absolute atomic E-state index is 13.5. The average Bonchev–Trinajstić information content (AvgIpc) is 3.03. The van der Waals surface area contributed by atoms with Crippen LogP contribution in [0.3, 0.4) is 0 Å². The van der Waals surface area contributed by atoms with Crippen molar-refractivity contribution in [2.45, 2.75) is 24.6 Å². The van der Waals surface area contributed by atoms with Crippen molar-refractivity contribution < 1.29 is 24.2 Å². The fourth-order valence-electron chi connectivity index (χ4n) is 5.10. The number of benzene rings is 5. The number of carbonyl (C=O) groups is 3. The first-order chi connectivity index (χ1) is 20.0. The molecule has 2 amide bonds. The zero-order valence-corrected chi connectivity index (χ0v) is 22.5.